The molecule has 0 aromatic heterocycles. The molecule has 32 heavy (non-hydrogen) atoms. The monoisotopic (exact) mass is 449 g/mol. The predicted molar refractivity (Wildman–Crippen MR) is 123 cm³/mol. The summed E-state index contributed by atoms with van der Waals surface area (Å²) in [5, 5.41) is 14.9. The number of carboxylic acid groups (broad SMARTS) is 1. The van der Waals surface area contributed by atoms with Crippen LogP contribution in [0.1, 0.15) is 47.1 Å². The Balaban J connectivity index is 3.14. The third-order valence-corrected chi connectivity index (χ3v) is 5.63. The van der Waals surface area contributed by atoms with Crippen LogP contribution in [0.25, 0.3) is 0 Å². The van der Waals surface area contributed by atoms with Gasteiger partial charge < -0.3 is 20.6 Å². The molecule has 0 bridgehead atoms. The molecule has 2 atom stereocenters. The van der Waals surface area contributed by atoms with Crippen molar-refractivity contribution in [3.05, 3.63) is 47.3 Å². The maximum absolute atomic E-state index is 13.8. The smallest absolute Gasteiger partial charge is 0.331 e. The molecule has 1 aromatic rings. The number of nitrogens with zero attached hydrogens (tertiary/aromatic N) is 1. The van der Waals surface area contributed by atoms with Crippen molar-refractivity contribution in [1.82, 2.24) is 15.5 Å². The molecule has 3 N–H and O–H groups in total. The Labute approximate surface area is 190 Å². The van der Waals surface area contributed by atoms with Crippen molar-refractivity contribution >= 4 is 17.8 Å². The highest BCUT2D eigenvalue weighted by atomic mass is 19.1. The van der Waals surface area contributed by atoms with Gasteiger partial charge in [-0.25, -0.2) is 9.18 Å². The maximum Gasteiger partial charge on any atom is 0.331 e. The van der Waals surface area contributed by atoms with Crippen LogP contribution in [0.3, 0.4) is 0 Å². The molecule has 1 unspecified atom stereocenters. The molecule has 0 radical (unpaired) electrons. The van der Waals surface area contributed by atoms with Crippen LogP contribution in [0.2, 0.25) is 0 Å². The van der Waals surface area contributed by atoms with Crippen molar-refractivity contribution < 1.29 is 23.9 Å². The van der Waals surface area contributed by atoms with E-state index in [-0.39, 0.29) is 29.7 Å². The van der Waals surface area contributed by atoms with E-state index in [9.17, 15) is 18.8 Å². The number of nitrogens with one attached hydrogen (secondary N) is 2. The Hall–Kier alpha value is -2.74. The summed E-state index contributed by atoms with van der Waals surface area (Å²) < 4.78 is 13.8. The molecule has 0 aliphatic rings. The van der Waals surface area contributed by atoms with Crippen molar-refractivity contribution in [2.24, 2.45) is 5.41 Å². The number of carboxylic acids is 1. The topological polar surface area (TPSA) is 98.7 Å². The molecule has 1 rings (SSSR count). The summed E-state index contributed by atoms with van der Waals surface area (Å²) in [5.41, 5.74) is -0.585. The molecule has 0 heterocycles. The van der Waals surface area contributed by atoms with Crippen LogP contribution < -0.4 is 10.6 Å². The van der Waals surface area contributed by atoms with Crippen molar-refractivity contribution in [2.45, 2.75) is 59.0 Å². The van der Waals surface area contributed by atoms with Gasteiger partial charge in [0.2, 0.25) is 11.8 Å². The number of hydrogen-bond acceptors (Lipinski definition) is 4. The summed E-state index contributed by atoms with van der Waals surface area (Å²) in [7, 11) is 3.20. The van der Waals surface area contributed by atoms with Gasteiger partial charge in [0.05, 0.1) is 6.04 Å². The summed E-state index contributed by atoms with van der Waals surface area (Å²) in [6, 6.07) is 4.52. The number of likely N-dealkylation sites (N-methyl/N-ethyl adjacent to an activating group) is 2. The molecular formula is C24H36FN3O4. The summed E-state index contributed by atoms with van der Waals surface area (Å²) in [5.74, 6) is -2.16. The third-order valence-electron chi connectivity index (χ3n) is 5.63. The maximum atomic E-state index is 13.8. The first kappa shape index (κ1) is 27.3. The van der Waals surface area contributed by atoms with Gasteiger partial charge in [-0.2, -0.15) is 0 Å². The first-order valence-electron chi connectivity index (χ1n) is 10.5. The minimum absolute atomic E-state index is 0.101. The Morgan fingerprint density at radius 1 is 1.16 bits per heavy atom. The molecule has 178 valence electrons. The van der Waals surface area contributed by atoms with Crippen LogP contribution in [0, 0.1) is 11.2 Å². The molecule has 8 heteroatoms. The van der Waals surface area contributed by atoms with Gasteiger partial charge in [-0.05, 0) is 37.1 Å². The fourth-order valence-electron chi connectivity index (χ4n) is 3.42. The first-order valence-corrected chi connectivity index (χ1v) is 10.5. The summed E-state index contributed by atoms with van der Waals surface area (Å²) in [6.45, 7) is 10.7. The molecule has 0 aliphatic heterocycles. The number of rotatable bonds is 9. The SMILES string of the molecule is CN[C@H](C(=O)NC(C(=O)N(C)C/C=C(\C)C(=O)O)C(C)(C)C)C(C)(C)c1cccc(F)c1. The quantitative estimate of drug-likeness (QED) is 0.504. The van der Waals surface area contributed by atoms with Crippen LogP contribution in [0.4, 0.5) is 4.39 Å². The zero-order valence-corrected chi connectivity index (χ0v) is 20.2. The number of halogens is 1. The lowest BCUT2D eigenvalue weighted by Crippen LogP contribution is -2.60. The number of aliphatic carboxylic acids is 1. The first-order chi connectivity index (χ1) is 14.6. The number of carbonyl (C=O) groups is 3. The second-order valence-corrected chi connectivity index (χ2v) is 9.67. The Morgan fingerprint density at radius 2 is 1.75 bits per heavy atom. The van der Waals surface area contributed by atoms with E-state index < -0.39 is 28.9 Å². The van der Waals surface area contributed by atoms with Crippen molar-refractivity contribution in [2.75, 3.05) is 20.6 Å². The van der Waals surface area contributed by atoms with Gasteiger partial charge in [-0.3, -0.25) is 9.59 Å². The molecule has 1 aromatic carbocycles. The Kier molecular flexibility index (Phi) is 9.14. The molecular weight excluding hydrogens is 413 g/mol. The average Bonchev–Trinajstić information content (AvgIpc) is 2.68. The van der Waals surface area contributed by atoms with Gasteiger partial charge in [0.15, 0.2) is 0 Å². The van der Waals surface area contributed by atoms with Crippen LogP contribution in [0.5, 0.6) is 0 Å². The number of hydrogen-bond donors (Lipinski definition) is 3. The highest BCUT2D eigenvalue weighted by Crippen LogP contribution is 2.29. The minimum atomic E-state index is -1.05. The van der Waals surface area contributed by atoms with Crippen LogP contribution >= 0.6 is 0 Å². The fourth-order valence-corrected chi connectivity index (χ4v) is 3.42. The van der Waals surface area contributed by atoms with Gasteiger partial charge in [0.25, 0.3) is 0 Å². The number of benzene rings is 1. The molecule has 0 saturated heterocycles. The molecule has 0 aliphatic carbocycles. The third kappa shape index (κ3) is 6.88. The lowest BCUT2D eigenvalue weighted by molar-refractivity contribution is -0.139. The Morgan fingerprint density at radius 3 is 2.22 bits per heavy atom. The van der Waals surface area contributed by atoms with Gasteiger partial charge in [-0.15, -0.1) is 0 Å². The summed E-state index contributed by atoms with van der Waals surface area (Å²) >= 11 is 0. The van der Waals surface area contributed by atoms with E-state index in [2.05, 4.69) is 10.6 Å². The number of carbonyl (C=O) groups excluding carboxylic acids is 2. The predicted octanol–water partition coefficient (Wildman–Crippen LogP) is 2.71. The fraction of sp³-hybridized carbons (Fsp3) is 0.542. The highest BCUT2D eigenvalue weighted by molar-refractivity contribution is 5.91. The van der Waals surface area contributed by atoms with Crippen molar-refractivity contribution in [3.8, 4) is 0 Å². The lowest BCUT2D eigenvalue weighted by atomic mass is 9.76. The Bertz CT molecular complexity index is 874. The molecule has 2 amide bonds. The van der Waals surface area contributed by atoms with E-state index >= 15 is 0 Å². The minimum Gasteiger partial charge on any atom is -0.478 e. The second kappa shape index (κ2) is 10.7. The van der Waals surface area contributed by atoms with E-state index in [0.29, 0.717) is 5.56 Å². The average molecular weight is 450 g/mol. The van der Waals surface area contributed by atoms with Crippen molar-refractivity contribution in [3.63, 3.8) is 0 Å². The van der Waals surface area contributed by atoms with Crippen LogP contribution in [-0.2, 0) is 19.8 Å². The van der Waals surface area contributed by atoms with Crippen LogP contribution in [0.15, 0.2) is 35.9 Å². The van der Waals surface area contributed by atoms with E-state index in [0.717, 1.165) is 0 Å². The summed E-state index contributed by atoms with van der Waals surface area (Å²) in [4.78, 5) is 38.8. The zero-order chi connectivity index (χ0) is 24.9. The lowest BCUT2D eigenvalue weighted by Gasteiger charge is -2.38. The van der Waals surface area contributed by atoms with Crippen molar-refractivity contribution in [1.29, 1.82) is 0 Å². The zero-order valence-electron chi connectivity index (χ0n) is 20.2. The largest absolute Gasteiger partial charge is 0.478 e. The molecule has 7 nitrogen and oxygen atoms in total. The number of amides is 2. The molecule has 0 spiro atoms. The highest BCUT2D eigenvalue weighted by Gasteiger charge is 2.40. The normalized spacial score (nSPS) is 14.5. The van der Waals surface area contributed by atoms with Gasteiger partial charge in [-0.1, -0.05) is 52.8 Å². The summed E-state index contributed by atoms with van der Waals surface area (Å²) in [6.07, 6.45) is 1.45. The van der Waals surface area contributed by atoms with E-state index in [4.69, 9.17) is 5.11 Å². The van der Waals surface area contributed by atoms with Crippen LogP contribution in [-0.4, -0.2) is 60.5 Å². The standard InChI is InChI=1S/C24H36FN3O4/c1-15(22(31)32)12-13-28(8)21(30)19(23(2,3)4)27-20(29)18(26-7)24(5,6)16-10-9-11-17(25)14-16/h9-12,14,18-19,26H,13H2,1-8H3,(H,27,29)(H,31,32)/b15-12+/t18-,19?/m1/s1. The van der Waals surface area contributed by atoms with E-state index in [1.165, 1.54) is 30.0 Å². The van der Waals surface area contributed by atoms with E-state index in [1.807, 2.05) is 34.6 Å². The van der Waals surface area contributed by atoms with Gasteiger partial charge in [0.1, 0.15) is 11.9 Å². The molecule has 0 saturated carbocycles. The van der Waals surface area contributed by atoms with E-state index in [1.54, 1.807) is 26.2 Å². The second-order valence-electron chi connectivity index (χ2n) is 9.67. The van der Waals surface area contributed by atoms with Gasteiger partial charge >= 0.3 is 5.97 Å². The molecule has 0 fully saturated rings. The van der Waals surface area contributed by atoms with Gasteiger partial charge in [0, 0.05) is 24.6 Å².